The van der Waals surface area contributed by atoms with Crippen LogP contribution in [-0.2, 0) is 23.0 Å². The Morgan fingerprint density at radius 3 is 2.85 bits per heavy atom. The zero-order valence-corrected chi connectivity index (χ0v) is 8.92. The molecule has 0 fully saturated rings. The Hall–Kier alpha value is -0.190. The van der Waals surface area contributed by atoms with E-state index in [2.05, 4.69) is 9.97 Å². The van der Waals surface area contributed by atoms with Crippen LogP contribution in [0.4, 0.5) is 0 Å². The first kappa shape index (κ1) is 9.37. The van der Waals surface area contributed by atoms with E-state index >= 15 is 0 Å². The number of hydrogen-bond donors (Lipinski definition) is 0. The first-order valence-corrected chi connectivity index (χ1v) is 5.97. The predicted octanol–water partition coefficient (Wildman–Crippen LogP) is 1.59. The van der Waals surface area contributed by atoms with Crippen molar-refractivity contribution in [3.8, 4) is 0 Å². The number of halogens is 2. The highest BCUT2D eigenvalue weighted by Gasteiger charge is 2.19. The number of nitrogens with zero attached hydrogens (tertiary/aromatic N) is 2. The van der Waals surface area contributed by atoms with Crippen LogP contribution in [0.25, 0.3) is 0 Å². The third-order valence-corrected chi connectivity index (χ3v) is 3.64. The lowest BCUT2D eigenvalue weighted by atomic mass is 10.2. The molecule has 6 heteroatoms. The van der Waals surface area contributed by atoms with Crippen molar-refractivity contribution in [3.63, 3.8) is 0 Å². The van der Waals surface area contributed by atoms with Gasteiger partial charge >= 0.3 is 0 Å². The highest BCUT2D eigenvalue weighted by molar-refractivity contribution is 7.84. The maximum atomic E-state index is 11.2. The molecule has 1 unspecified atom stereocenters. The molecule has 0 aliphatic carbocycles. The van der Waals surface area contributed by atoms with Gasteiger partial charge in [-0.25, -0.2) is 9.97 Å². The van der Waals surface area contributed by atoms with Crippen molar-refractivity contribution < 1.29 is 4.21 Å². The van der Waals surface area contributed by atoms with Crippen LogP contribution in [0.1, 0.15) is 11.3 Å². The van der Waals surface area contributed by atoms with E-state index < -0.39 is 10.8 Å². The Balaban J connectivity index is 2.53. The Morgan fingerprint density at radius 1 is 1.31 bits per heavy atom. The van der Waals surface area contributed by atoms with Crippen molar-refractivity contribution in [2.45, 2.75) is 12.2 Å². The van der Waals surface area contributed by atoms with Gasteiger partial charge in [-0.2, -0.15) is 0 Å². The first-order chi connectivity index (χ1) is 6.16. The quantitative estimate of drug-likeness (QED) is 0.508. The average Bonchev–Trinajstić information content (AvgIpc) is 2.06. The molecule has 0 saturated heterocycles. The predicted molar refractivity (Wildman–Crippen MR) is 52.5 cm³/mol. The van der Waals surface area contributed by atoms with Crippen LogP contribution in [0.2, 0.25) is 10.4 Å². The van der Waals surface area contributed by atoms with E-state index in [1.165, 1.54) is 0 Å². The molecule has 1 aliphatic rings. The van der Waals surface area contributed by atoms with E-state index in [0.29, 0.717) is 23.1 Å². The average molecular weight is 237 g/mol. The summed E-state index contributed by atoms with van der Waals surface area (Å²) < 4.78 is 11.2. The summed E-state index contributed by atoms with van der Waals surface area (Å²) in [6.07, 6.45) is 0.671. The molecule has 1 aliphatic heterocycles. The molecule has 70 valence electrons. The van der Waals surface area contributed by atoms with Gasteiger partial charge in [0.05, 0.1) is 11.4 Å². The fraction of sp³-hybridized carbons (Fsp3) is 0.429. The van der Waals surface area contributed by atoms with Gasteiger partial charge in [0, 0.05) is 28.5 Å². The lowest BCUT2D eigenvalue weighted by Crippen LogP contribution is -2.16. The van der Waals surface area contributed by atoms with Crippen molar-refractivity contribution in [1.29, 1.82) is 0 Å². The first-order valence-electron chi connectivity index (χ1n) is 3.72. The van der Waals surface area contributed by atoms with Crippen LogP contribution < -0.4 is 0 Å². The fourth-order valence-electron chi connectivity index (χ4n) is 1.26. The number of rotatable bonds is 0. The van der Waals surface area contributed by atoms with Gasteiger partial charge in [-0.15, -0.1) is 0 Å². The second kappa shape index (κ2) is 3.52. The highest BCUT2D eigenvalue weighted by atomic mass is 35.5. The second-order valence-electron chi connectivity index (χ2n) is 2.75. The monoisotopic (exact) mass is 236 g/mol. The topological polar surface area (TPSA) is 42.9 Å². The normalized spacial score (nSPS) is 21.2. The minimum Gasteiger partial charge on any atom is -0.259 e. The van der Waals surface area contributed by atoms with Gasteiger partial charge in [0.2, 0.25) is 5.28 Å². The summed E-state index contributed by atoms with van der Waals surface area (Å²) in [4.78, 5) is 7.85. The van der Waals surface area contributed by atoms with Gasteiger partial charge in [0.15, 0.2) is 0 Å². The molecule has 0 aromatic carbocycles. The number of aryl methyl sites for hydroxylation is 1. The van der Waals surface area contributed by atoms with Gasteiger partial charge in [-0.1, -0.05) is 11.6 Å². The molecule has 1 aromatic rings. The van der Waals surface area contributed by atoms with Crippen molar-refractivity contribution in [3.05, 3.63) is 21.7 Å². The molecule has 0 bridgehead atoms. The molecular weight excluding hydrogens is 231 g/mol. The van der Waals surface area contributed by atoms with Gasteiger partial charge in [0.25, 0.3) is 0 Å². The minimum atomic E-state index is -0.826. The van der Waals surface area contributed by atoms with Gasteiger partial charge in [-0.3, -0.25) is 4.21 Å². The molecule has 0 N–H and O–H groups in total. The van der Waals surface area contributed by atoms with Crippen LogP contribution in [0.5, 0.6) is 0 Å². The summed E-state index contributed by atoms with van der Waals surface area (Å²) >= 11 is 11.5. The fourth-order valence-corrected chi connectivity index (χ4v) is 3.02. The van der Waals surface area contributed by atoms with Crippen LogP contribution >= 0.6 is 23.2 Å². The molecule has 3 nitrogen and oxygen atoms in total. The van der Waals surface area contributed by atoms with E-state index in [4.69, 9.17) is 23.2 Å². The lowest BCUT2D eigenvalue weighted by Gasteiger charge is -2.14. The minimum absolute atomic E-state index is 0.163. The van der Waals surface area contributed by atoms with E-state index in [1.54, 1.807) is 0 Å². The SMILES string of the molecule is O=S1CCc2nc(Cl)nc(Cl)c2C1. The third kappa shape index (κ3) is 1.85. The Labute approximate surface area is 87.9 Å². The number of fused-ring (bicyclic) bond motifs is 1. The smallest absolute Gasteiger partial charge is 0.224 e. The van der Waals surface area contributed by atoms with Gasteiger partial charge < -0.3 is 0 Å². The summed E-state index contributed by atoms with van der Waals surface area (Å²) in [7, 11) is -0.826. The van der Waals surface area contributed by atoms with Crippen molar-refractivity contribution in [1.82, 2.24) is 9.97 Å². The van der Waals surface area contributed by atoms with E-state index in [-0.39, 0.29) is 5.28 Å². The van der Waals surface area contributed by atoms with Crippen LogP contribution in [0.3, 0.4) is 0 Å². The molecule has 0 spiro atoms. The largest absolute Gasteiger partial charge is 0.259 e. The summed E-state index contributed by atoms with van der Waals surface area (Å²) in [5, 5.41) is 0.500. The maximum absolute atomic E-state index is 11.2. The molecule has 0 amide bonds. The van der Waals surface area contributed by atoms with Crippen molar-refractivity contribution in [2.75, 3.05) is 5.75 Å². The summed E-state index contributed by atoms with van der Waals surface area (Å²) in [6.45, 7) is 0. The molecule has 2 heterocycles. The van der Waals surface area contributed by atoms with Crippen molar-refractivity contribution >= 4 is 34.0 Å². The molecular formula is C7H6Cl2N2OS. The molecule has 1 aromatic heterocycles. The van der Waals surface area contributed by atoms with Crippen LogP contribution in [-0.4, -0.2) is 19.9 Å². The van der Waals surface area contributed by atoms with E-state index in [9.17, 15) is 4.21 Å². The van der Waals surface area contributed by atoms with Crippen LogP contribution in [0, 0.1) is 0 Å². The Morgan fingerprint density at radius 2 is 2.08 bits per heavy atom. The molecule has 2 rings (SSSR count). The molecule has 1 atom stereocenters. The molecule has 0 radical (unpaired) electrons. The van der Waals surface area contributed by atoms with E-state index in [0.717, 1.165) is 11.3 Å². The summed E-state index contributed by atoms with van der Waals surface area (Å²) in [6, 6.07) is 0. The van der Waals surface area contributed by atoms with E-state index in [1.807, 2.05) is 0 Å². The Bertz CT molecular complexity index is 383. The zero-order chi connectivity index (χ0) is 9.42. The molecule has 13 heavy (non-hydrogen) atoms. The van der Waals surface area contributed by atoms with Gasteiger partial charge in [0.1, 0.15) is 5.15 Å². The Kier molecular flexibility index (Phi) is 2.53. The number of aromatic nitrogens is 2. The lowest BCUT2D eigenvalue weighted by molar-refractivity contribution is 0.678. The highest BCUT2D eigenvalue weighted by Crippen LogP contribution is 2.24. The van der Waals surface area contributed by atoms with Crippen LogP contribution in [0.15, 0.2) is 0 Å². The zero-order valence-electron chi connectivity index (χ0n) is 6.59. The van der Waals surface area contributed by atoms with Crippen molar-refractivity contribution in [2.24, 2.45) is 0 Å². The second-order valence-corrected chi connectivity index (χ2v) is 5.02. The standard InChI is InChI=1S/C7H6Cl2N2OS/c8-6-4-3-13(12)2-1-5(4)10-7(9)11-6/h1-3H2. The number of hydrogen-bond acceptors (Lipinski definition) is 3. The molecule has 0 saturated carbocycles. The third-order valence-electron chi connectivity index (χ3n) is 1.89. The summed E-state index contributed by atoms with van der Waals surface area (Å²) in [5.41, 5.74) is 1.63. The van der Waals surface area contributed by atoms with Gasteiger partial charge in [-0.05, 0) is 11.6 Å². The summed E-state index contributed by atoms with van der Waals surface area (Å²) in [5.74, 6) is 1.09. The maximum Gasteiger partial charge on any atom is 0.224 e.